The number of oxazole rings is 1. The Morgan fingerprint density at radius 3 is 2.62 bits per heavy atom. The summed E-state index contributed by atoms with van der Waals surface area (Å²) in [5.74, 6) is -0.0362. The molecule has 146 valence electrons. The number of pyridine rings is 1. The molecule has 0 saturated carbocycles. The maximum absolute atomic E-state index is 13.3. The Morgan fingerprint density at radius 2 is 1.90 bits per heavy atom. The number of nitrogens with zero attached hydrogens (tertiary/aromatic N) is 5. The Bertz CT molecular complexity index is 1120. The smallest absolute Gasteiger partial charge is 0.327 e. The second kappa shape index (κ2) is 8.01. The molecule has 4 aromatic rings. The maximum Gasteiger partial charge on any atom is 0.327 e. The summed E-state index contributed by atoms with van der Waals surface area (Å²) in [7, 11) is 0. The van der Waals surface area contributed by atoms with Crippen LogP contribution < -0.4 is 0 Å². The number of esters is 1. The molecular weight excluding hydrogens is 377 g/mol. The van der Waals surface area contributed by atoms with Gasteiger partial charge in [0.2, 0.25) is 5.89 Å². The van der Waals surface area contributed by atoms with Gasteiger partial charge in [0.15, 0.2) is 11.5 Å². The van der Waals surface area contributed by atoms with E-state index in [0.717, 1.165) is 5.56 Å². The van der Waals surface area contributed by atoms with Gasteiger partial charge in [0.05, 0.1) is 12.8 Å². The van der Waals surface area contributed by atoms with Gasteiger partial charge >= 0.3 is 5.97 Å². The van der Waals surface area contributed by atoms with E-state index in [4.69, 9.17) is 9.15 Å². The maximum atomic E-state index is 13.3. The van der Waals surface area contributed by atoms with Gasteiger partial charge in [0, 0.05) is 23.5 Å². The molecule has 0 saturated heterocycles. The molecule has 29 heavy (non-hydrogen) atoms. The summed E-state index contributed by atoms with van der Waals surface area (Å²) >= 11 is 0. The second-order valence-corrected chi connectivity index (χ2v) is 6.05. The highest BCUT2D eigenvalue weighted by molar-refractivity contribution is 5.78. The van der Waals surface area contributed by atoms with Gasteiger partial charge in [-0.3, -0.25) is 9.78 Å². The summed E-state index contributed by atoms with van der Waals surface area (Å²) < 4.78 is 25.6. The third kappa shape index (κ3) is 4.03. The van der Waals surface area contributed by atoms with Gasteiger partial charge in [-0.05, 0) is 43.3 Å². The molecule has 0 aliphatic rings. The van der Waals surface area contributed by atoms with Crippen LogP contribution in [-0.4, -0.2) is 37.5 Å². The molecular formula is C20H16FN5O3. The molecule has 8 nitrogen and oxygen atoms in total. The van der Waals surface area contributed by atoms with E-state index in [1.807, 2.05) is 0 Å². The number of carbonyl (C=O) groups is 1. The zero-order valence-electron chi connectivity index (χ0n) is 15.4. The third-order valence-corrected chi connectivity index (χ3v) is 4.04. The molecule has 9 heteroatoms. The van der Waals surface area contributed by atoms with Crippen molar-refractivity contribution in [1.82, 2.24) is 25.0 Å². The molecule has 0 N–H and O–H groups in total. The summed E-state index contributed by atoms with van der Waals surface area (Å²) in [4.78, 5) is 20.2. The Labute approximate surface area is 165 Å². The van der Waals surface area contributed by atoms with Crippen LogP contribution in [0, 0.1) is 5.82 Å². The molecule has 0 bridgehead atoms. The molecule has 3 heterocycles. The quantitative estimate of drug-likeness (QED) is 0.463. The van der Waals surface area contributed by atoms with Crippen molar-refractivity contribution in [2.45, 2.75) is 13.5 Å². The second-order valence-electron chi connectivity index (χ2n) is 6.05. The van der Waals surface area contributed by atoms with E-state index in [9.17, 15) is 9.18 Å². The van der Waals surface area contributed by atoms with Crippen LogP contribution in [0.5, 0.6) is 0 Å². The van der Waals surface area contributed by atoms with E-state index in [-0.39, 0.29) is 24.9 Å². The van der Waals surface area contributed by atoms with Crippen LogP contribution in [0.4, 0.5) is 4.39 Å². The summed E-state index contributed by atoms with van der Waals surface area (Å²) in [5, 5.41) is 7.95. The lowest BCUT2D eigenvalue weighted by Crippen LogP contribution is -2.13. The number of hydrogen-bond acceptors (Lipinski definition) is 7. The predicted molar refractivity (Wildman–Crippen MR) is 101 cm³/mol. The van der Waals surface area contributed by atoms with Crippen LogP contribution in [0.2, 0.25) is 0 Å². The van der Waals surface area contributed by atoms with E-state index in [1.165, 1.54) is 16.8 Å². The van der Waals surface area contributed by atoms with Gasteiger partial charge in [0.25, 0.3) is 0 Å². The zero-order valence-corrected chi connectivity index (χ0v) is 15.4. The number of carbonyl (C=O) groups excluding carboxylic acids is 1. The number of halogens is 1. The van der Waals surface area contributed by atoms with Gasteiger partial charge < -0.3 is 9.15 Å². The van der Waals surface area contributed by atoms with E-state index < -0.39 is 5.97 Å². The first kappa shape index (κ1) is 18.5. The molecule has 0 radical (unpaired) electrons. The lowest BCUT2D eigenvalue weighted by atomic mass is 10.1. The largest absolute Gasteiger partial charge is 0.465 e. The molecule has 4 rings (SSSR count). The van der Waals surface area contributed by atoms with Crippen LogP contribution in [0.1, 0.15) is 6.92 Å². The molecule has 0 aliphatic heterocycles. The molecule has 0 spiro atoms. The van der Waals surface area contributed by atoms with Crippen molar-refractivity contribution in [3.63, 3.8) is 0 Å². The van der Waals surface area contributed by atoms with E-state index in [2.05, 4.69) is 20.3 Å². The van der Waals surface area contributed by atoms with Crippen LogP contribution in [0.25, 0.3) is 34.2 Å². The average molecular weight is 393 g/mol. The number of hydrogen-bond donors (Lipinski definition) is 0. The zero-order chi connectivity index (χ0) is 20.2. The average Bonchev–Trinajstić information content (AvgIpc) is 3.37. The third-order valence-electron chi connectivity index (χ3n) is 4.04. The first-order chi connectivity index (χ1) is 14.1. The normalized spacial score (nSPS) is 10.8. The summed E-state index contributed by atoms with van der Waals surface area (Å²) in [6.07, 6.45) is 4.83. The monoisotopic (exact) mass is 393 g/mol. The lowest BCUT2D eigenvalue weighted by Gasteiger charge is -2.01. The minimum absolute atomic E-state index is 0.0659. The Hall–Kier alpha value is -3.88. The molecule has 0 fully saturated rings. The summed E-state index contributed by atoms with van der Waals surface area (Å²) in [5.41, 5.74) is 2.34. The predicted octanol–water partition coefficient (Wildman–Crippen LogP) is 3.36. The van der Waals surface area contributed by atoms with Crippen molar-refractivity contribution >= 4 is 5.97 Å². The lowest BCUT2D eigenvalue weighted by molar-refractivity contribution is -0.144. The Balaban J connectivity index is 1.73. The fourth-order valence-electron chi connectivity index (χ4n) is 2.74. The van der Waals surface area contributed by atoms with Crippen LogP contribution in [-0.2, 0) is 16.1 Å². The molecule has 0 unspecified atom stereocenters. The first-order valence-corrected chi connectivity index (χ1v) is 8.87. The highest BCUT2D eigenvalue weighted by Gasteiger charge is 2.20. The highest BCUT2D eigenvalue weighted by Crippen LogP contribution is 2.35. The van der Waals surface area contributed by atoms with Crippen molar-refractivity contribution in [3.8, 4) is 34.2 Å². The van der Waals surface area contributed by atoms with Crippen LogP contribution in [0.15, 0.2) is 59.4 Å². The molecule has 1 aromatic carbocycles. The Kier molecular flexibility index (Phi) is 5.10. The summed E-state index contributed by atoms with van der Waals surface area (Å²) in [6, 6.07) is 9.54. The number of benzene rings is 1. The minimum atomic E-state index is -0.416. The topological polar surface area (TPSA) is 95.9 Å². The van der Waals surface area contributed by atoms with Gasteiger partial charge in [-0.15, -0.1) is 5.10 Å². The van der Waals surface area contributed by atoms with Crippen molar-refractivity contribution in [3.05, 3.63) is 60.8 Å². The number of rotatable bonds is 6. The van der Waals surface area contributed by atoms with Crippen molar-refractivity contribution in [2.24, 2.45) is 0 Å². The van der Waals surface area contributed by atoms with Gasteiger partial charge in [-0.1, -0.05) is 5.21 Å². The van der Waals surface area contributed by atoms with Gasteiger partial charge in [-0.25, -0.2) is 14.1 Å². The van der Waals surface area contributed by atoms with Crippen molar-refractivity contribution in [2.75, 3.05) is 6.61 Å². The molecule has 0 aliphatic carbocycles. The molecule has 0 atom stereocenters. The van der Waals surface area contributed by atoms with E-state index in [0.29, 0.717) is 22.7 Å². The van der Waals surface area contributed by atoms with Gasteiger partial charge in [0.1, 0.15) is 18.1 Å². The van der Waals surface area contributed by atoms with E-state index >= 15 is 0 Å². The van der Waals surface area contributed by atoms with Gasteiger partial charge in [-0.2, -0.15) is 0 Å². The van der Waals surface area contributed by atoms with Crippen molar-refractivity contribution < 1.29 is 18.3 Å². The summed E-state index contributed by atoms with van der Waals surface area (Å²) in [6.45, 7) is 1.95. The fraction of sp³-hybridized carbons (Fsp3) is 0.150. The minimum Gasteiger partial charge on any atom is -0.465 e. The van der Waals surface area contributed by atoms with Crippen LogP contribution >= 0.6 is 0 Å². The highest BCUT2D eigenvalue weighted by atomic mass is 19.1. The Morgan fingerprint density at radius 1 is 1.14 bits per heavy atom. The first-order valence-electron chi connectivity index (χ1n) is 8.87. The SMILES string of the molecule is CCOC(=O)Cn1cc(-c2nc(-c3ccc(F)cc3)c(-c3ccncc3)o2)nn1. The fourth-order valence-corrected chi connectivity index (χ4v) is 2.74. The molecule has 0 amide bonds. The van der Waals surface area contributed by atoms with E-state index in [1.54, 1.807) is 49.8 Å². The number of aromatic nitrogens is 5. The molecule has 3 aromatic heterocycles. The van der Waals surface area contributed by atoms with Crippen LogP contribution in [0.3, 0.4) is 0 Å². The standard InChI is InChI=1S/C20H16FN5O3/c1-2-28-17(27)12-26-11-16(24-25-26)20-23-18(13-3-5-15(21)6-4-13)19(29-20)14-7-9-22-10-8-14/h3-11H,2,12H2,1H3. The van der Waals surface area contributed by atoms with Crippen molar-refractivity contribution in [1.29, 1.82) is 0 Å². The number of ether oxygens (including phenoxy) is 1.